The van der Waals surface area contributed by atoms with Crippen molar-refractivity contribution < 1.29 is 4.74 Å². The van der Waals surface area contributed by atoms with E-state index in [2.05, 4.69) is 26.2 Å². The highest BCUT2D eigenvalue weighted by Crippen LogP contribution is 2.14. The minimum absolute atomic E-state index is 0.616. The summed E-state index contributed by atoms with van der Waals surface area (Å²) in [5, 5.41) is 8.81. The number of hydrogen-bond acceptors (Lipinski definition) is 3. The zero-order valence-electron chi connectivity index (χ0n) is 7.32. The molecular formula is C8H12BrN3O. The summed E-state index contributed by atoms with van der Waals surface area (Å²) in [5.74, 6) is 0.616. The maximum Gasteiger partial charge on any atom is 0.0932 e. The van der Waals surface area contributed by atoms with E-state index in [1.807, 2.05) is 10.9 Å². The van der Waals surface area contributed by atoms with Gasteiger partial charge >= 0.3 is 0 Å². The smallest absolute Gasteiger partial charge is 0.0932 e. The molecule has 0 aromatic carbocycles. The van der Waals surface area contributed by atoms with E-state index in [0.717, 1.165) is 37.2 Å². The van der Waals surface area contributed by atoms with E-state index in [1.54, 1.807) is 0 Å². The van der Waals surface area contributed by atoms with Crippen LogP contribution in [-0.4, -0.2) is 28.2 Å². The van der Waals surface area contributed by atoms with E-state index in [-0.39, 0.29) is 0 Å². The molecule has 0 bridgehead atoms. The average Bonchev–Trinajstić information content (AvgIpc) is 2.76. The molecule has 1 unspecified atom stereocenters. The number of ether oxygens (including phenoxy) is 1. The molecule has 1 fully saturated rings. The minimum atomic E-state index is 0.616. The van der Waals surface area contributed by atoms with Crippen molar-refractivity contribution in [2.75, 3.05) is 13.2 Å². The Kier molecular flexibility index (Phi) is 2.95. The Balaban J connectivity index is 1.92. The summed E-state index contributed by atoms with van der Waals surface area (Å²) in [5.41, 5.74) is 0.985. The van der Waals surface area contributed by atoms with Crippen LogP contribution in [0.1, 0.15) is 12.1 Å². The van der Waals surface area contributed by atoms with Crippen LogP contribution in [0.15, 0.2) is 6.20 Å². The lowest BCUT2D eigenvalue weighted by Crippen LogP contribution is -2.10. The first kappa shape index (κ1) is 9.15. The van der Waals surface area contributed by atoms with Crippen LogP contribution in [0.25, 0.3) is 0 Å². The standard InChI is InChI=1S/C8H12BrN3O/c9-3-8-5-12(11-10-8)4-7-1-2-13-6-7/h5,7H,1-4,6H2. The molecule has 0 radical (unpaired) electrons. The molecule has 2 heterocycles. The third-order valence-electron chi connectivity index (χ3n) is 2.19. The molecular weight excluding hydrogens is 234 g/mol. The van der Waals surface area contributed by atoms with Crippen LogP contribution in [0.3, 0.4) is 0 Å². The Morgan fingerprint density at radius 1 is 1.69 bits per heavy atom. The number of nitrogens with zero attached hydrogens (tertiary/aromatic N) is 3. The average molecular weight is 246 g/mol. The molecule has 1 atom stereocenters. The van der Waals surface area contributed by atoms with E-state index < -0.39 is 0 Å². The third-order valence-corrected chi connectivity index (χ3v) is 2.77. The van der Waals surface area contributed by atoms with Crippen molar-refractivity contribution in [3.8, 4) is 0 Å². The van der Waals surface area contributed by atoms with Gasteiger partial charge in [-0.15, -0.1) is 5.10 Å². The van der Waals surface area contributed by atoms with Crippen molar-refractivity contribution in [2.24, 2.45) is 5.92 Å². The van der Waals surface area contributed by atoms with E-state index in [1.165, 1.54) is 0 Å². The number of alkyl halides is 1. The zero-order valence-corrected chi connectivity index (χ0v) is 8.90. The van der Waals surface area contributed by atoms with Crippen LogP contribution in [-0.2, 0) is 16.6 Å². The summed E-state index contributed by atoms with van der Waals surface area (Å²) in [4.78, 5) is 0. The molecule has 1 aliphatic heterocycles. The van der Waals surface area contributed by atoms with Gasteiger partial charge in [0.15, 0.2) is 0 Å². The van der Waals surface area contributed by atoms with Gasteiger partial charge in [-0.3, -0.25) is 4.68 Å². The minimum Gasteiger partial charge on any atom is -0.381 e. The molecule has 5 heteroatoms. The summed E-state index contributed by atoms with van der Waals surface area (Å²) in [6.07, 6.45) is 3.12. The lowest BCUT2D eigenvalue weighted by molar-refractivity contribution is 0.181. The van der Waals surface area contributed by atoms with Gasteiger partial charge in [0, 0.05) is 30.6 Å². The molecule has 1 saturated heterocycles. The van der Waals surface area contributed by atoms with Crippen molar-refractivity contribution in [2.45, 2.75) is 18.3 Å². The Bertz CT molecular complexity index is 270. The Labute approximate surface area is 85.4 Å². The molecule has 4 nitrogen and oxygen atoms in total. The predicted octanol–water partition coefficient (Wildman–Crippen LogP) is 1.21. The number of halogens is 1. The summed E-state index contributed by atoms with van der Waals surface area (Å²) in [6, 6.07) is 0. The molecule has 1 aliphatic rings. The second kappa shape index (κ2) is 4.19. The predicted molar refractivity (Wildman–Crippen MR) is 51.6 cm³/mol. The van der Waals surface area contributed by atoms with Gasteiger partial charge < -0.3 is 4.74 Å². The maximum absolute atomic E-state index is 5.29. The molecule has 0 amide bonds. The molecule has 2 rings (SSSR count). The van der Waals surface area contributed by atoms with Crippen LogP contribution in [0.2, 0.25) is 0 Å². The first-order valence-corrected chi connectivity index (χ1v) is 5.53. The number of aromatic nitrogens is 3. The summed E-state index contributed by atoms with van der Waals surface area (Å²) < 4.78 is 7.19. The molecule has 0 spiro atoms. The maximum atomic E-state index is 5.29. The topological polar surface area (TPSA) is 39.9 Å². The first-order chi connectivity index (χ1) is 6.38. The SMILES string of the molecule is BrCc1cn(CC2CCOC2)nn1. The highest BCUT2D eigenvalue weighted by atomic mass is 79.9. The monoisotopic (exact) mass is 245 g/mol. The van der Waals surface area contributed by atoms with Gasteiger partial charge in [0.05, 0.1) is 12.3 Å². The van der Waals surface area contributed by atoms with E-state index in [9.17, 15) is 0 Å². The number of rotatable bonds is 3. The molecule has 13 heavy (non-hydrogen) atoms. The van der Waals surface area contributed by atoms with Crippen molar-refractivity contribution in [3.63, 3.8) is 0 Å². The van der Waals surface area contributed by atoms with Gasteiger partial charge in [0.1, 0.15) is 0 Å². The second-order valence-corrected chi connectivity index (χ2v) is 3.86. The van der Waals surface area contributed by atoms with E-state index in [4.69, 9.17) is 4.74 Å². The second-order valence-electron chi connectivity index (χ2n) is 3.30. The van der Waals surface area contributed by atoms with Crippen LogP contribution >= 0.6 is 15.9 Å². The van der Waals surface area contributed by atoms with Gasteiger partial charge in [-0.05, 0) is 6.42 Å². The van der Waals surface area contributed by atoms with Crippen LogP contribution in [0, 0.1) is 5.92 Å². The van der Waals surface area contributed by atoms with Gasteiger partial charge in [-0.2, -0.15) is 0 Å². The number of hydrogen-bond donors (Lipinski definition) is 0. The first-order valence-electron chi connectivity index (χ1n) is 4.41. The summed E-state index contributed by atoms with van der Waals surface area (Å²) in [6.45, 7) is 2.69. The normalized spacial score (nSPS) is 22.4. The summed E-state index contributed by atoms with van der Waals surface area (Å²) in [7, 11) is 0. The largest absolute Gasteiger partial charge is 0.381 e. The van der Waals surface area contributed by atoms with Gasteiger partial charge in [-0.1, -0.05) is 21.1 Å². The molecule has 1 aromatic rings. The molecule has 0 N–H and O–H groups in total. The third kappa shape index (κ3) is 2.28. The van der Waals surface area contributed by atoms with Crippen LogP contribution in [0.4, 0.5) is 0 Å². The lowest BCUT2D eigenvalue weighted by atomic mass is 10.1. The van der Waals surface area contributed by atoms with Crippen molar-refractivity contribution in [3.05, 3.63) is 11.9 Å². The fourth-order valence-electron chi connectivity index (χ4n) is 1.48. The zero-order chi connectivity index (χ0) is 9.10. The quantitative estimate of drug-likeness (QED) is 0.752. The summed E-state index contributed by atoms with van der Waals surface area (Å²) >= 11 is 3.34. The van der Waals surface area contributed by atoms with Crippen LogP contribution < -0.4 is 0 Å². The Morgan fingerprint density at radius 3 is 3.23 bits per heavy atom. The lowest BCUT2D eigenvalue weighted by Gasteiger charge is -2.05. The Morgan fingerprint density at radius 2 is 2.62 bits per heavy atom. The van der Waals surface area contributed by atoms with Crippen molar-refractivity contribution >= 4 is 15.9 Å². The van der Waals surface area contributed by atoms with Crippen molar-refractivity contribution in [1.29, 1.82) is 0 Å². The van der Waals surface area contributed by atoms with Crippen molar-refractivity contribution in [1.82, 2.24) is 15.0 Å². The van der Waals surface area contributed by atoms with Gasteiger partial charge in [0.25, 0.3) is 0 Å². The van der Waals surface area contributed by atoms with Gasteiger partial charge in [0.2, 0.25) is 0 Å². The van der Waals surface area contributed by atoms with E-state index >= 15 is 0 Å². The highest BCUT2D eigenvalue weighted by Gasteiger charge is 2.16. The van der Waals surface area contributed by atoms with Crippen LogP contribution in [0.5, 0.6) is 0 Å². The Hall–Kier alpha value is -0.420. The highest BCUT2D eigenvalue weighted by molar-refractivity contribution is 9.08. The van der Waals surface area contributed by atoms with Gasteiger partial charge in [-0.25, -0.2) is 0 Å². The van der Waals surface area contributed by atoms with E-state index in [0.29, 0.717) is 5.92 Å². The fourth-order valence-corrected chi connectivity index (χ4v) is 1.74. The molecule has 0 aliphatic carbocycles. The fraction of sp³-hybridized carbons (Fsp3) is 0.750. The molecule has 1 aromatic heterocycles. The molecule has 72 valence electrons. The molecule has 0 saturated carbocycles.